The molecular formula is C32H29Cl4FN6O3. The number of aryl methyl sites for hydroxylation is 1. The van der Waals surface area contributed by atoms with Gasteiger partial charge in [0.1, 0.15) is 28.2 Å². The number of rotatable bonds is 5. The van der Waals surface area contributed by atoms with E-state index in [2.05, 4.69) is 17.6 Å². The molecule has 9 nitrogen and oxygen atoms in total. The zero-order chi connectivity index (χ0) is 33.8. The number of aromatic hydroxyl groups is 1. The number of carbonyl (C=O) groups excluding carboxylic acids is 1. The van der Waals surface area contributed by atoms with Gasteiger partial charge in [0.15, 0.2) is 12.0 Å². The van der Waals surface area contributed by atoms with Gasteiger partial charge in [0, 0.05) is 37.4 Å². The second-order valence-electron chi connectivity index (χ2n) is 11.3. The minimum absolute atomic E-state index is 0.0124. The fourth-order valence-electron chi connectivity index (χ4n) is 5.95. The summed E-state index contributed by atoms with van der Waals surface area (Å²) >= 11 is 25.2. The average Bonchev–Trinajstić information content (AvgIpc) is 3.02. The van der Waals surface area contributed by atoms with Crippen LogP contribution in [-0.2, 0) is 4.79 Å². The Labute approximate surface area is 285 Å². The number of halogens is 5. The molecule has 4 heterocycles. The minimum atomic E-state index is -1.56. The highest BCUT2D eigenvalue weighted by Gasteiger charge is 2.41. The van der Waals surface area contributed by atoms with Crippen molar-refractivity contribution in [1.29, 1.82) is 5.26 Å². The van der Waals surface area contributed by atoms with Gasteiger partial charge >= 0.3 is 0 Å². The smallest absolute Gasteiger partial charge is 0.246 e. The van der Waals surface area contributed by atoms with Crippen molar-refractivity contribution >= 4 is 69.5 Å². The van der Waals surface area contributed by atoms with E-state index in [1.54, 1.807) is 17.2 Å². The highest BCUT2D eigenvalue weighted by Crippen LogP contribution is 2.51. The Balaban J connectivity index is 1.83. The quantitative estimate of drug-likeness (QED) is 0.160. The predicted molar refractivity (Wildman–Crippen MR) is 178 cm³/mol. The normalized spacial score (nSPS) is 18.2. The molecule has 46 heavy (non-hydrogen) atoms. The summed E-state index contributed by atoms with van der Waals surface area (Å²) in [6.45, 7) is 12.1. The van der Waals surface area contributed by atoms with Gasteiger partial charge < -0.3 is 20.0 Å². The van der Waals surface area contributed by atoms with Crippen LogP contribution in [0.25, 0.3) is 17.0 Å². The summed E-state index contributed by atoms with van der Waals surface area (Å²) in [6.07, 6.45) is 1.34. The summed E-state index contributed by atoms with van der Waals surface area (Å²) in [5.41, 5.74) is 1.83. The van der Waals surface area contributed by atoms with Gasteiger partial charge in [-0.3, -0.25) is 14.7 Å². The second kappa shape index (κ2) is 12.9. The van der Waals surface area contributed by atoms with E-state index >= 15 is 4.39 Å². The molecule has 3 aromatic rings. The van der Waals surface area contributed by atoms with E-state index in [-0.39, 0.29) is 45.0 Å². The van der Waals surface area contributed by atoms with Crippen molar-refractivity contribution in [2.24, 2.45) is 0 Å². The molecule has 2 aromatic heterocycles. The number of anilines is 2. The zero-order valence-corrected chi connectivity index (χ0v) is 28.3. The Morgan fingerprint density at radius 3 is 2.52 bits per heavy atom. The summed E-state index contributed by atoms with van der Waals surface area (Å²) in [5.74, 6) is -2.05. The lowest BCUT2D eigenvalue weighted by atomic mass is 9.94. The van der Waals surface area contributed by atoms with Crippen LogP contribution in [0.5, 0.6) is 5.75 Å². The maximum atomic E-state index is 15.7. The third-order valence-electron chi connectivity index (χ3n) is 8.14. The fraction of sp³-hybridized carbons (Fsp3) is 0.312. The number of piperazine rings is 1. The van der Waals surface area contributed by atoms with E-state index in [9.17, 15) is 20.3 Å². The van der Waals surface area contributed by atoms with Crippen LogP contribution in [0.2, 0.25) is 20.1 Å². The molecule has 2 aliphatic rings. The number of hydrogen-bond donors (Lipinski definition) is 2. The molecule has 0 spiro atoms. The van der Waals surface area contributed by atoms with Crippen molar-refractivity contribution in [3.8, 4) is 23.1 Å². The van der Waals surface area contributed by atoms with Crippen molar-refractivity contribution in [3.63, 3.8) is 0 Å². The number of amides is 1. The number of phenols is 1. The molecule has 240 valence electrons. The summed E-state index contributed by atoms with van der Waals surface area (Å²) in [6, 6.07) is 5.17. The highest BCUT2D eigenvalue weighted by atomic mass is 35.5. The highest BCUT2D eigenvalue weighted by molar-refractivity contribution is 6.49. The Morgan fingerprint density at radius 1 is 1.22 bits per heavy atom. The van der Waals surface area contributed by atoms with Crippen LogP contribution < -0.4 is 4.90 Å². The van der Waals surface area contributed by atoms with Crippen LogP contribution in [-0.4, -0.2) is 67.8 Å². The number of fused-ring (bicyclic) bond motifs is 1. The summed E-state index contributed by atoms with van der Waals surface area (Å²) < 4.78 is 15.7. The Hall–Kier alpha value is -3.59. The number of hydrogen-bond acceptors (Lipinski definition) is 8. The number of benzene rings is 1. The van der Waals surface area contributed by atoms with Gasteiger partial charge in [-0.2, -0.15) is 5.26 Å². The van der Waals surface area contributed by atoms with E-state index in [1.807, 2.05) is 32.6 Å². The monoisotopic (exact) mass is 704 g/mol. The second-order valence-corrected chi connectivity index (χ2v) is 12.9. The molecule has 2 N–H and O–H groups in total. The maximum Gasteiger partial charge on any atom is 0.246 e. The van der Waals surface area contributed by atoms with E-state index < -0.39 is 33.4 Å². The SMILES string of the molecule is C=CC(=O)N1CCN(C2=C(C#N)C(O)N(c3c(C)ccnc3C(C)C)c3nc(-c4c(O)c(Cl)c(Cl)c(Cl)c4F)c(Cl)cc32)C[C@H]1C. The minimum Gasteiger partial charge on any atom is -0.506 e. The van der Waals surface area contributed by atoms with Crippen molar-refractivity contribution in [2.75, 3.05) is 24.5 Å². The van der Waals surface area contributed by atoms with Crippen LogP contribution >= 0.6 is 46.4 Å². The third-order valence-corrected chi connectivity index (χ3v) is 9.72. The first-order valence-electron chi connectivity index (χ1n) is 14.3. The van der Waals surface area contributed by atoms with Gasteiger partial charge in [-0.05, 0) is 43.5 Å². The van der Waals surface area contributed by atoms with E-state index in [4.69, 9.17) is 51.4 Å². The molecule has 2 aliphatic heterocycles. The van der Waals surface area contributed by atoms with Gasteiger partial charge in [0.2, 0.25) is 5.91 Å². The molecule has 1 saturated heterocycles. The molecule has 1 unspecified atom stereocenters. The van der Waals surface area contributed by atoms with Crippen molar-refractivity contribution in [2.45, 2.75) is 45.9 Å². The maximum absolute atomic E-state index is 15.7. The largest absolute Gasteiger partial charge is 0.506 e. The first-order chi connectivity index (χ1) is 21.7. The van der Waals surface area contributed by atoms with Gasteiger partial charge in [-0.25, -0.2) is 9.37 Å². The number of aliphatic hydroxyl groups excluding tert-OH is 1. The molecule has 1 fully saturated rings. The number of aromatic nitrogens is 2. The van der Waals surface area contributed by atoms with Gasteiger partial charge in [-0.1, -0.05) is 66.8 Å². The Kier molecular flexibility index (Phi) is 9.47. The molecule has 2 atom stereocenters. The molecule has 1 amide bonds. The van der Waals surface area contributed by atoms with Crippen molar-refractivity contribution < 1.29 is 19.4 Å². The van der Waals surface area contributed by atoms with E-state index in [0.717, 1.165) is 5.56 Å². The van der Waals surface area contributed by atoms with E-state index in [1.165, 1.54) is 17.0 Å². The number of nitrogens with zero attached hydrogens (tertiary/aromatic N) is 6. The number of nitriles is 1. The molecule has 0 aliphatic carbocycles. The number of aliphatic hydroxyl groups is 1. The number of pyridine rings is 2. The average molecular weight is 706 g/mol. The van der Waals surface area contributed by atoms with E-state index in [0.29, 0.717) is 42.3 Å². The van der Waals surface area contributed by atoms with Gasteiger partial charge in [0.05, 0.1) is 43.4 Å². The Bertz CT molecular complexity index is 1830. The number of carbonyl (C=O) groups is 1. The summed E-state index contributed by atoms with van der Waals surface area (Å²) in [7, 11) is 0. The number of phenolic OH excluding ortho intramolecular Hbond substituents is 1. The first-order valence-corrected chi connectivity index (χ1v) is 15.8. The lowest BCUT2D eigenvalue weighted by Gasteiger charge is -2.45. The van der Waals surface area contributed by atoms with Crippen LogP contribution in [0.1, 0.15) is 43.5 Å². The molecule has 0 saturated carbocycles. The molecule has 5 rings (SSSR count). The fourth-order valence-corrected chi connectivity index (χ4v) is 6.80. The lowest BCUT2D eigenvalue weighted by Crippen LogP contribution is -2.54. The Morgan fingerprint density at radius 2 is 1.91 bits per heavy atom. The summed E-state index contributed by atoms with van der Waals surface area (Å²) in [4.78, 5) is 26.8. The molecule has 14 heteroatoms. The van der Waals surface area contributed by atoms with Gasteiger partial charge in [-0.15, -0.1) is 0 Å². The zero-order valence-electron chi connectivity index (χ0n) is 25.2. The topological polar surface area (TPSA) is 117 Å². The molecular weight excluding hydrogens is 677 g/mol. The van der Waals surface area contributed by atoms with Crippen LogP contribution in [0.4, 0.5) is 15.9 Å². The van der Waals surface area contributed by atoms with Gasteiger partial charge in [0.25, 0.3) is 0 Å². The molecule has 0 radical (unpaired) electrons. The van der Waals surface area contributed by atoms with Crippen LogP contribution in [0, 0.1) is 24.1 Å². The first kappa shape index (κ1) is 33.8. The third kappa shape index (κ3) is 5.44. The standard InChI is InChI=1S/C32H29Cl4FN6O3/c1-6-20(44)42-10-9-41(13-16(42)5)29-17-11-19(33)27(21-25(37)23(35)22(34)24(36)30(21)45)40-31(17)43(32(46)18(29)12-38)28-15(4)7-8-39-26(28)14(2)3/h6-8,11,14,16,32,45-46H,1,9-10,13H2,2-5H3/t16-,32?/m1/s1. The molecule has 0 bridgehead atoms. The molecule has 1 aromatic carbocycles. The van der Waals surface area contributed by atoms with Crippen molar-refractivity contribution in [1.82, 2.24) is 19.8 Å². The van der Waals surface area contributed by atoms with Crippen LogP contribution in [0.3, 0.4) is 0 Å². The summed E-state index contributed by atoms with van der Waals surface area (Å²) in [5, 5.41) is 32.1. The predicted octanol–water partition coefficient (Wildman–Crippen LogP) is 7.46. The van der Waals surface area contributed by atoms with Crippen LogP contribution in [0.15, 0.2) is 36.6 Å². The van der Waals surface area contributed by atoms with Crippen molar-refractivity contribution in [3.05, 3.63) is 79.3 Å². The lowest BCUT2D eigenvalue weighted by molar-refractivity contribution is -0.129.